The first kappa shape index (κ1) is 13.7. The number of ether oxygens (including phenoxy) is 2. The molecule has 0 bridgehead atoms. The summed E-state index contributed by atoms with van der Waals surface area (Å²) in [4.78, 5) is 12.9. The molecule has 19 heavy (non-hydrogen) atoms. The second kappa shape index (κ2) is 5.93. The van der Waals surface area contributed by atoms with Gasteiger partial charge in [0.15, 0.2) is 17.5 Å². The lowest BCUT2D eigenvalue weighted by molar-refractivity contribution is -0.908. The van der Waals surface area contributed by atoms with Crippen molar-refractivity contribution in [2.45, 2.75) is 26.4 Å². The number of carbonyl (C=O) groups excluding carboxylic acids is 1. The fourth-order valence-corrected chi connectivity index (χ4v) is 2.08. The lowest BCUT2D eigenvalue weighted by Crippen LogP contribution is -3.12. The van der Waals surface area contributed by atoms with Gasteiger partial charge in [-0.3, -0.25) is 4.79 Å². The van der Waals surface area contributed by atoms with Gasteiger partial charge < -0.3 is 19.7 Å². The highest BCUT2D eigenvalue weighted by molar-refractivity contribution is 5.79. The Bertz CT molecular complexity index is 462. The maximum absolute atomic E-state index is 11.8. The minimum atomic E-state index is -0.0784. The number of hydrogen-bond acceptors (Lipinski definition) is 3. The number of rotatable bonds is 5. The molecule has 0 saturated carbocycles. The normalized spacial score (nSPS) is 15.9. The van der Waals surface area contributed by atoms with Crippen LogP contribution >= 0.6 is 0 Å². The molecular weight excluding hydrogens is 244 g/mol. The summed E-state index contributed by atoms with van der Waals surface area (Å²) in [5, 5.41) is 2.85. The molecule has 2 N–H and O–H groups in total. The Labute approximate surface area is 113 Å². The summed E-state index contributed by atoms with van der Waals surface area (Å²) < 4.78 is 10.6. The molecule has 5 nitrogen and oxygen atoms in total. The van der Waals surface area contributed by atoms with Gasteiger partial charge in [-0.15, -0.1) is 0 Å². The van der Waals surface area contributed by atoms with Crippen molar-refractivity contribution in [1.29, 1.82) is 0 Å². The van der Waals surface area contributed by atoms with E-state index in [9.17, 15) is 4.79 Å². The van der Waals surface area contributed by atoms with Crippen molar-refractivity contribution in [2.24, 2.45) is 0 Å². The van der Waals surface area contributed by atoms with Crippen molar-refractivity contribution in [1.82, 2.24) is 5.32 Å². The van der Waals surface area contributed by atoms with Crippen LogP contribution in [0.3, 0.4) is 0 Å². The zero-order chi connectivity index (χ0) is 13.8. The van der Waals surface area contributed by atoms with Crippen molar-refractivity contribution >= 4 is 5.91 Å². The van der Waals surface area contributed by atoms with E-state index < -0.39 is 0 Å². The van der Waals surface area contributed by atoms with Crippen molar-refractivity contribution in [3.05, 3.63) is 23.8 Å². The molecule has 1 aliphatic rings. The number of fused-ring (bicyclic) bond motifs is 1. The van der Waals surface area contributed by atoms with Crippen LogP contribution in [0, 0.1) is 0 Å². The van der Waals surface area contributed by atoms with Crippen molar-refractivity contribution < 1.29 is 19.2 Å². The summed E-state index contributed by atoms with van der Waals surface area (Å²) >= 11 is 0. The van der Waals surface area contributed by atoms with Crippen LogP contribution in [0.2, 0.25) is 0 Å². The molecule has 1 aromatic carbocycles. The molecule has 0 spiro atoms. The molecule has 2 atom stereocenters. The molecule has 1 aromatic rings. The standard InChI is InChI=1S/C14H20N2O3/c1-4-15-14(17)10(2)16(3)8-11-5-6-12-13(7-11)19-9-18-12/h5-7,10H,4,8-9H2,1-3H3,(H,15,17)/p+1/t10-/m0/s1. The Hall–Kier alpha value is -1.75. The Kier molecular flexibility index (Phi) is 4.27. The Balaban J connectivity index is 1.98. The van der Waals surface area contributed by atoms with Gasteiger partial charge in [-0.2, -0.15) is 0 Å². The Morgan fingerprint density at radius 3 is 2.89 bits per heavy atom. The van der Waals surface area contributed by atoms with Crippen LogP contribution in [0.15, 0.2) is 18.2 Å². The van der Waals surface area contributed by atoms with E-state index in [1.807, 2.05) is 39.1 Å². The van der Waals surface area contributed by atoms with Gasteiger partial charge in [-0.1, -0.05) is 0 Å². The number of likely N-dealkylation sites (N-methyl/N-ethyl adjacent to an activating group) is 2. The third kappa shape index (κ3) is 3.17. The van der Waals surface area contributed by atoms with Crippen molar-refractivity contribution in [2.75, 3.05) is 20.4 Å². The molecule has 1 unspecified atom stereocenters. The zero-order valence-electron chi connectivity index (χ0n) is 11.7. The number of nitrogens with one attached hydrogen (secondary N) is 2. The summed E-state index contributed by atoms with van der Waals surface area (Å²) in [5.41, 5.74) is 1.14. The minimum absolute atomic E-state index is 0.0784. The van der Waals surface area contributed by atoms with Crippen LogP contribution in [-0.2, 0) is 11.3 Å². The highest BCUT2D eigenvalue weighted by Crippen LogP contribution is 2.32. The molecule has 104 valence electrons. The van der Waals surface area contributed by atoms with Gasteiger partial charge in [0.1, 0.15) is 6.54 Å². The molecule has 0 saturated heterocycles. The first-order chi connectivity index (χ1) is 9.11. The molecule has 0 aromatic heterocycles. The number of benzene rings is 1. The van der Waals surface area contributed by atoms with E-state index in [1.165, 1.54) is 0 Å². The molecule has 0 radical (unpaired) electrons. The number of amides is 1. The molecule has 1 heterocycles. The van der Waals surface area contributed by atoms with Gasteiger partial charge >= 0.3 is 0 Å². The summed E-state index contributed by atoms with van der Waals surface area (Å²) in [7, 11) is 2.02. The van der Waals surface area contributed by atoms with Crippen LogP contribution in [0.25, 0.3) is 0 Å². The maximum atomic E-state index is 11.8. The summed E-state index contributed by atoms with van der Waals surface area (Å²) in [6, 6.07) is 5.84. The van der Waals surface area contributed by atoms with Gasteiger partial charge in [0.05, 0.1) is 7.05 Å². The van der Waals surface area contributed by atoms with Gasteiger partial charge in [-0.05, 0) is 32.0 Å². The monoisotopic (exact) mass is 265 g/mol. The topological polar surface area (TPSA) is 52.0 Å². The second-order valence-electron chi connectivity index (χ2n) is 4.83. The number of quaternary nitrogens is 1. The lowest BCUT2D eigenvalue weighted by Gasteiger charge is -2.20. The predicted octanol–water partition coefficient (Wildman–Crippen LogP) is -0.0454. The minimum Gasteiger partial charge on any atom is -0.454 e. The van der Waals surface area contributed by atoms with E-state index in [-0.39, 0.29) is 18.7 Å². The smallest absolute Gasteiger partial charge is 0.278 e. The third-order valence-electron chi connectivity index (χ3n) is 3.40. The molecule has 0 aliphatic carbocycles. The van der Waals surface area contributed by atoms with Gasteiger partial charge in [-0.25, -0.2) is 0 Å². The van der Waals surface area contributed by atoms with E-state index in [1.54, 1.807) is 0 Å². The van der Waals surface area contributed by atoms with Gasteiger partial charge in [0, 0.05) is 12.1 Å². The number of carbonyl (C=O) groups is 1. The van der Waals surface area contributed by atoms with Gasteiger partial charge in [0.2, 0.25) is 6.79 Å². The largest absolute Gasteiger partial charge is 0.454 e. The molecule has 1 aliphatic heterocycles. The zero-order valence-corrected chi connectivity index (χ0v) is 11.7. The van der Waals surface area contributed by atoms with Crippen LogP contribution in [-0.4, -0.2) is 32.3 Å². The first-order valence-electron chi connectivity index (χ1n) is 6.60. The van der Waals surface area contributed by atoms with Crippen LogP contribution < -0.4 is 19.7 Å². The van der Waals surface area contributed by atoms with E-state index in [0.29, 0.717) is 6.54 Å². The summed E-state index contributed by atoms with van der Waals surface area (Å²) in [5.74, 6) is 1.66. The maximum Gasteiger partial charge on any atom is 0.278 e. The fourth-order valence-electron chi connectivity index (χ4n) is 2.08. The van der Waals surface area contributed by atoms with Gasteiger partial charge in [0.25, 0.3) is 5.91 Å². The third-order valence-corrected chi connectivity index (χ3v) is 3.40. The average molecular weight is 265 g/mol. The van der Waals surface area contributed by atoms with E-state index in [4.69, 9.17) is 9.47 Å². The molecule has 5 heteroatoms. The lowest BCUT2D eigenvalue weighted by atomic mass is 10.1. The molecule has 1 amide bonds. The summed E-state index contributed by atoms with van der Waals surface area (Å²) in [6.45, 7) is 5.59. The van der Waals surface area contributed by atoms with E-state index >= 15 is 0 Å². The summed E-state index contributed by atoms with van der Waals surface area (Å²) in [6.07, 6.45) is 0. The Morgan fingerprint density at radius 2 is 2.16 bits per heavy atom. The molecule has 0 fully saturated rings. The number of hydrogen-bond donors (Lipinski definition) is 2. The van der Waals surface area contributed by atoms with E-state index in [2.05, 4.69) is 5.32 Å². The average Bonchev–Trinajstić information content (AvgIpc) is 2.85. The highest BCUT2D eigenvalue weighted by Gasteiger charge is 2.22. The Morgan fingerprint density at radius 1 is 1.42 bits per heavy atom. The van der Waals surface area contributed by atoms with Crippen LogP contribution in [0.5, 0.6) is 11.5 Å². The fraction of sp³-hybridized carbons (Fsp3) is 0.500. The van der Waals surface area contributed by atoms with E-state index in [0.717, 1.165) is 28.5 Å². The highest BCUT2D eigenvalue weighted by atomic mass is 16.7. The van der Waals surface area contributed by atoms with Crippen molar-refractivity contribution in [3.63, 3.8) is 0 Å². The second-order valence-corrected chi connectivity index (χ2v) is 4.83. The quantitative estimate of drug-likeness (QED) is 0.785. The van der Waals surface area contributed by atoms with Crippen LogP contribution in [0.4, 0.5) is 0 Å². The predicted molar refractivity (Wildman–Crippen MR) is 71.3 cm³/mol. The van der Waals surface area contributed by atoms with Crippen LogP contribution in [0.1, 0.15) is 19.4 Å². The van der Waals surface area contributed by atoms with Crippen molar-refractivity contribution in [3.8, 4) is 11.5 Å². The molecule has 2 rings (SSSR count). The SMILES string of the molecule is CCNC(=O)[C@H](C)[NH+](C)Cc1ccc2c(c1)OCO2. The first-order valence-corrected chi connectivity index (χ1v) is 6.60. The molecular formula is C14H21N2O3+.